The molecule has 0 aromatic rings. The van der Waals surface area contributed by atoms with Crippen molar-refractivity contribution in [2.75, 3.05) is 26.2 Å². The molecule has 0 aromatic heterocycles. The summed E-state index contributed by atoms with van der Waals surface area (Å²) in [6.07, 6.45) is 0.600. The molecule has 25 heteroatoms. The minimum atomic E-state index is -1.74. The Labute approximate surface area is 370 Å². The Bertz CT molecular complexity index is 1660. The monoisotopic (exact) mass is 913 g/mol. The molecule has 9 amide bonds. The van der Waals surface area contributed by atoms with Crippen molar-refractivity contribution in [2.45, 2.75) is 147 Å². The SMILES string of the molecule is CCC(C)[C@H](NC(=O)CN1CCCC[C@H](NC(=O)[C@H](C)N)C1=O)C(=O)N[C@@H](C)C(=O)N[C@@H](CCC(N)=O)C(=O)N[C@@H](CCCCN)C(=O)N[C@@H](CO)C(=O)N[C@@H](CCC(=O)O)C(=O)O. The molecule has 25 nitrogen and oxygen atoms in total. The van der Waals surface area contributed by atoms with E-state index >= 15 is 0 Å². The van der Waals surface area contributed by atoms with Gasteiger partial charge in [0.15, 0.2) is 0 Å². The van der Waals surface area contributed by atoms with Gasteiger partial charge >= 0.3 is 11.9 Å². The molecule has 1 rings (SSSR count). The molecule has 0 spiro atoms. The van der Waals surface area contributed by atoms with Crippen molar-refractivity contribution >= 4 is 65.1 Å². The Kier molecular flexibility index (Phi) is 25.1. The molecule has 64 heavy (non-hydrogen) atoms. The van der Waals surface area contributed by atoms with Gasteiger partial charge in [0.2, 0.25) is 53.2 Å². The van der Waals surface area contributed by atoms with Crippen LogP contribution in [0.1, 0.15) is 98.3 Å². The molecule has 1 aliphatic rings. The average Bonchev–Trinajstić information content (AvgIpc) is 3.39. The fraction of sp³-hybridized carbons (Fsp3) is 0.718. The highest BCUT2D eigenvalue weighted by Gasteiger charge is 2.35. The van der Waals surface area contributed by atoms with Crippen molar-refractivity contribution in [2.24, 2.45) is 23.1 Å². The van der Waals surface area contributed by atoms with Crippen LogP contribution in [-0.2, 0) is 52.7 Å². The summed E-state index contributed by atoms with van der Waals surface area (Å²) in [6.45, 7) is 5.19. The number of aliphatic carboxylic acids is 2. The zero-order chi connectivity index (χ0) is 48.7. The van der Waals surface area contributed by atoms with E-state index in [4.69, 9.17) is 22.3 Å². The third-order valence-corrected chi connectivity index (χ3v) is 10.4. The highest BCUT2D eigenvalue weighted by atomic mass is 16.4. The number of carbonyl (C=O) groups is 11. The van der Waals surface area contributed by atoms with Gasteiger partial charge in [0, 0.05) is 19.4 Å². The maximum atomic E-state index is 13.7. The van der Waals surface area contributed by atoms with Gasteiger partial charge < -0.3 is 74.6 Å². The lowest BCUT2D eigenvalue weighted by Crippen LogP contribution is -2.60. The molecule has 0 aliphatic carbocycles. The number of unbranched alkanes of at least 4 members (excludes halogenated alkanes) is 1. The van der Waals surface area contributed by atoms with Crippen molar-refractivity contribution in [3.05, 3.63) is 0 Å². The number of carboxylic acids is 2. The summed E-state index contributed by atoms with van der Waals surface area (Å²) < 4.78 is 0. The van der Waals surface area contributed by atoms with Gasteiger partial charge in [0.05, 0.1) is 19.2 Å². The molecule has 0 aromatic carbocycles. The number of rotatable bonds is 29. The molecule has 362 valence electrons. The van der Waals surface area contributed by atoms with E-state index in [0.29, 0.717) is 32.1 Å². The van der Waals surface area contributed by atoms with E-state index < -0.39 is 152 Å². The van der Waals surface area contributed by atoms with Crippen molar-refractivity contribution < 1.29 is 68.1 Å². The van der Waals surface area contributed by atoms with Crippen molar-refractivity contribution in [1.29, 1.82) is 0 Å². The fourth-order valence-electron chi connectivity index (χ4n) is 6.31. The molecule has 0 bridgehead atoms. The van der Waals surface area contributed by atoms with Gasteiger partial charge in [-0.15, -0.1) is 0 Å². The second kappa shape index (κ2) is 28.7. The van der Waals surface area contributed by atoms with Crippen LogP contribution in [0.3, 0.4) is 0 Å². The average molecular weight is 914 g/mol. The maximum absolute atomic E-state index is 13.7. The van der Waals surface area contributed by atoms with Crippen LogP contribution in [0.5, 0.6) is 0 Å². The van der Waals surface area contributed by atoms with Gasteiger partial charge in [-0.1, -0.05) is 20.3 Å². The van der Waals surface area contributed by atoms with Gasteiger partial charge in [-0.25, -0.2) is 4.79 Å². The fourth-order valence-corrected chi connectivity index (χ4v) is 6.31. The van der Waals surface area contributed by atoms with Crippen molar-refractivity contribution in [3.8, 4) is 0 Å². The lowest BCUT2D eigenvalue weighted by Gasteiger charge is -2.28. The van der Waals surface area contributed by atoms with E-state index in [9.17, 15) is 63.0 Å². The predicted octanol–water partition coefficient (Wildman–Crippen LogP) is -4.86. The summed E-state index contributed by atoms with van der Waals surface area (Å²) in [4.78, 5) is 141. The molecule has 1 fully saturated rings. The Hall–Kier alpha value is -5.95. The van der Waals surface area contributed by atoms with Crippen LogP contribution in [-0.4, -0.2) is 160 Å². The number of nitrogens with two attached hydrogens (primary N) is 3. The van der Waals surface area contributed by atoms with Crippen LogP contribution in [0.2, 0.25) is 0 Å². The molecule has 1 aliphatic heterocycles. The number of hydrogen-bond acceptors (Lipinski definition) is 14. The number of nitrogens with one attached hydrogen (secondary N) is 7. The van der Waals surface area contributed by atoms with E-state index in [1.54, 1.807) is 13.8 Å². The topological polar surface area (TPSA) is 414 Å². The first-order valence-electron chi connectivity index (χ1n) is 21.3. The first-order valence-corrected chi connectivity index (χ1v) is 21.3. The van der Waals surface area contributed by atoms with E-state index in [2.05, 4.69) is 37.2 Å². The number of hydrogen-bond donors (Lipinski definition) is 13. The first kappa shape index (κ1) is 56.1. The number of amides is 9. The lowest BCUT2D eigenvalue weighted by atomic mass is 9.98. The van der Waals surface area contributed by atoms with E-state index in [-0.39, 0.29) is 32.4 Å². The zero-order valence-electron chi connectivity index (χ0n) is 36.8. The number of aliphatic hydroxyl groups excluding tert-OH is 1. The summed E-state index contributed by atoms with van der Waals surface area (Å²) in [7, 11) is 0. The summed E-state index contributed by atoms with van der Waals surface area (Å²) in [5, 5.41) is 45.1. The van der Waals surface area contributed by atoms with Crippen LogP contribution in [0.4, 0.5) is 0 Å². The van der Waals surface area contributed by atoms with Gasteiger partial charge in [-0.3, -0.25) is 47.9 Å². The lowest BCUT2D eigenvalue weighted by molar-refractivity contribution is -0.143. The second-order valence-electron chi connectivity index (χ2n) is 15.8. The third kappa shape index (κ3) is 20.0. The minimum Gasteiger partial charge on any atom is -0.481 e. The standard InChI is InChI=1S/C39H67N11O14/c1-5-20(2)31(49-29(53)18-50-17-9-7-11-25(38(50)62)46-32(56)21(3)41)37(61)43-22(4)33(57)44-24(12-14-28(42)52)35(59)45-23(10-6-8-16-40)34(58)48-27(19-51)36(60)47-26(39(63)64)13-15-30(54)55/h20-27,31,51H,5-19,40-41H2,1-4H3,(H2,42,52)(H,43,61)(H,44,57)(H,45,59)(H,46,56)(H,47,60)(H,48,58)(H,49,53)(H,54,55)(H,63,64)/t20?,21-,22-,23-,24-,25-,26-,27-,31-/m0/s1. The van der Waals surface area contributed by atoms with Crippen LogP contribution in [0, 0.1) is 5.92 Å². The summed E-state index contributed by atoms with van der Waals surface area (Å²) in [6, 6.07) is -10.6. The second-order valence-corrected chi connectivity index (χ2v) is 15.8. The van der Waals surface area contributed by atoms with Crippen molar-refractivity contribution in [1.82, 2.24) is 42.1 Å². The summed E-state index contributed by atoms with van der Waals surface area (Å²) in [5.41, 5.74) is 16.5. The quantitative estimate of drug-likeness (QED) is 0.0313. The van der Waals surface area contributed by atoms with Crippen LogP contribution < -0.4 is 54.4 Å². The van der Waals surface area contributed by atoms with Gasteiger partial charge in [0.25, 0.3) is 0 Å². The van der Waals surface area contributed by atoms with Crippen molar-refractivity contribution in [3.63, 3.8) is 0 Å². The largest absolute Gasteiger partial charge is 0.481 e. The molecule has 0 radical (unpaired) electrons. The number of likely N-dealkylation sites (tertiary alicyclic amines) is 1. The molecular weight excluding hydrogens is 846 g/mol. The molecule has 1 unspecified atom stereocenters. The Morgan fingerprint density at radius 1 is 0.719 bits per heavy atom. The Morgan fingerprint density at radius 2 is 1.28 bits per heavy atom. The number of carboxylic acid groups (broad SMARTS) is 2. The van der Waals surface area contributed by atoms with Crippen LogP contribution in [0.15, 0.2) is 0 Å². The molecule has 16 N–H and O–H groups in total. The molecule has 0 saturated carbocycles. The number of carbonyl (C=O) groups excluding carboxylic acids is 9. The minimum absolute atomic E-state index is 0.0762. The Balaban J connectivity index is 3.16. The third-order valence-electron chi connectivity index (χ3n) is 10.4. The van der Waals surface area contributed by atoms with Crippen LogP contribution in [0.25, 0.3) is 0 Å². The highest BCUT2D eigenvalue weighted by Crippen LogP contribution is 2.14. The van der Waals surface area contributed by atoms with E-state index in [0.717, 1.165) is 0 Å². The molecule has 9 atom stereocenters. The summed E-state index contributed by atoms with van der Waals surface area (Å²) >= 11 is 0. The molecule has 1 heterocycles. The van der Waals surface area contributed by atoms with E-state index in [1.165, 1.54) is 18.7 Å². The summed E-state index contributed by atoms with van der Waals surface area (Å²) in [5.74, 6) is -10.7. The number of nitrogens with zero attached hydrogens (tertiary/aromatic N) is 1. The zero-order valence-corrected chi connectivity index (χ0v) is 36.8. The maximum Gasteiger partial charge on any atom is 0.326 e. The molecular formula is C39H67N11O14. The first-order chi connectivity index (χ1) is 30.1. The smallest absolute Gasteiger partial charge is 0.326 e. The van der Waals surface area contributed by atoms with Gasteiger partial charge in [-0.05, 0) is 77.7 Å². The number of aliphatic hydroxyl groups is 1. The van der Waals surface area contributed by atoms with E-state index in [1.807, 2.05) is 0 Å². The highest BCUT2D eigenvalue weighted by molar-refractivity contribution is 5.97. The normalized spacial score (nSPS) is 17.6. The predicted molar refractivity (Wildman–Crippen MR) is 226 cm³/mol. The molecule has 1 saturated heterocycles. The van der Waals surface area contributed by atoms with Gasteiger partial charge in [-0.2, -0.15) is 0 Å². The van der Waals surface area contributed by atoms with Gasteiger partial charge in [0.1, 0.15) is 42.3 Å². The van der Waals surface area contributed by atoms with Crippen LogP contribution >= 0.6 is 0 Å². The number of primary amides is 1. The Morgan fingerprint density at radius 3 is 1.83 bits per heavy atom.